The van der Waals surface area contributed by atoms with Crippen LogP contribution in [-0.2, 0) is 14.4 Å². The first kappa shape index (κ1) is 18.4. The first-order valence-electron chi connectivity index (χ1n) is 6.91. The van der Waals surface area contributed by atoms with E-state index in [1.54, 1.807) is 0 Å². The molecule has 4 nitrogen and oxygen atoms in total. The van der Waals surface area contributed by atoms with Crippen molar-refractivity contribution in [2.45, 2.75) is 33.8 Å². The van der Waals surface area contributed by atoms with Gasteiger partial charge in [-0.05, 0) is 6.42 Å². The molecule has 0 aromatic rings. The number of halogens is 6. The first-order valence-corrected chi connectivity index (χ1v) is 9.17. The lowest BCUT2D eigenvalue weighted by Gasteiger charge is -2.34. The van der Waals surface area contributed by atoms with Crippen molar-refractivity contribution in [1.82, 2.24) is 5.06 Å². The summed E-state index contributed by atoms with van der Waals surface area (Å²) in [5.41, 5.74) is 0. The summed E-state index contributed by atoms with van der Waals surface area (Å²) in [6, 6.07) is 0. The number of alkyl halides is 4. The van der Waals surface area contributed by atoms with Gasteiger partial charge in [0.15, 0.2) is 4.33 Å². The Bertz CT molecular complexity index is 591. The van der Waals surface area contributed by atoms with E-state index in [4.69, 9.17) is 74.4 Å². The second-order valence-corrected chi connectivity index (χ2v) is 9.01. The smallest absolute Gasteiger partial charge is 0.259 e. The SMILES string of the molecule is CCCCON1C(=O)[C@@H]2[C@H](C1=O)[C@@]1(Cl)C(Cl)=C(Cl)[C@@]2(Cl)C1(Cl)Cl. The fraction of sp³-hybridized carbons (Fsp3) is 0.692. The monoisotopic (exact) mass is 439 g/mol. The molecule has 0 aromatic heterocycles. The molecule has 2 fully saturated rings. The van der Waals surface area contributed by atoms with Gasteiger partial charge in [0.1, 0.15) is 9.75 Å². The molecule has 0 unspecified atom stereocenters. The zero-order valence-corrected chi connectivity index (χ0v) is 16.3. The van der Waals surface area contributed by atoms with Crippen molar-refractivity contribution in [2.24, 2.45) is 11.8 Å². The molecule has 0 N–H and O–H groups in total. The molecule has 4 atom stereocenters. The minimum absolute atomic E-state index is 0.112. The van der Waals surface area contributed by atoms with Crippen LogP contribution >= 0.6 is 69.6 Å². The van der Waals surface area contributed by atoms with Crippen LogP contribution in [0, 0.1) is 11.8 Å². The Morgan fingerprint density at radius 3 is 1.83 bits per heavy atom. The molecule has 0 spiro atoms. The van der Waals surface area contributed by atoms with Gasteiger partial charge in [0.2, 0.25) is 0 Å². The largest absolute Gasteiger partial charge is 0.272 e. The van der Waals surface area contributed by atoms with Crippen LogP contribution < -0.4 is 0 Å². The molecule has 128 valence electrons. The van der Waals surface area contributed by atoms with E-state index in [0.717, 1.165) is 6.42 Å². The van der Waals surface area contributed by atoms with Crippen molar-refractivity contribution in [3.05, 3.63) is 10.1 Å². The lowest BCUT2D eigenvalue weighted by Crippen LogP contribution is -2.50. The van der Waals surface area contributed by atoms with Crippen LogP contribution in [0.5, 0.6) is 0 Å². The maximum Gasteiger partial charge on any atom is 0.259 e. The molecule has 2 bridgehead atoms. The number of rotatable bonds is 4. The molecule has 2 amide bonds. The minimum atomic E-state index is -1.91. The standard InChI is InChI=1S/C13H11Cl6NO3/c1-2-3-4-23-20-9(21)5-6(10(20)22)12(17)8(15)7(14)11(5,16)13(12,18)19/h5-6H,2-4H2,1H3/t5-,6+,11-,12-/m1/s1. The van der Waals surface area contributed by atoms with Gasteiger partial charge in [0.05, 0.1) is 28.5 Å². The van der Waals surface area contributed by atoms with Gasteiger partial charge < -0.3 is 0 Å². The minimum Gasteiger partial charge on any atom is -0.272 e. The number of imide groups is 1. The van der Waals surface area contributed by atoms with Crippen LogP contribution in [0.25, 0.3) is 0 Å². The van der Waals surface area contributed by atoms with E-state index in [-0.39, 0.29) is 16.7 Å². The van der Waals surface area contributed by atoms with E-state index in [0.29, 0.717) is 11.5 Å². The summed E-state index contributed by atoms with van der Waals surface area (Å²) in [6.07, 6.45) is 1.52. The molecule has 1 saturated heterocycles. The number of hydrogen-bond donors (Lipinski definition) is 0. The van der Waals surface area contributed by atoms with Crippen molar-refractivity contribution >= 4 is 81.4 Å². The van der Waals surface area contributed by atoms with Crippen LogP contribution in [0.4, 0.5) is 0 Å². The Balaban J connectivity index is 2.06. The number of carbonyl (C=O) groups excluding carboxylic acids is 2. The number of hydrogen-bond acceptors (Lipinski definition) is 3. The predicted molar refractivity (Wildman–Crippen MR) is 90.0 cm³/mol. The summed E-state index contributed by atoms with van der Waals surface area (Å²) in [7, 11) is 0. The molecule has 1 aliphatic heterocycles. The molecule has 23 heavy (non-hydrogen) atoms. The molecule has 1 saturated carbocycles. The molecule has 3 rings (SSSR count). The first-order chi connectivity index (χ1) is 10.6. The molecular formula is C13H11Cl6NO3. The van der Waals surface area contributed by atoms with Crippen molar-refractivity contribution in [3.63, 3.8) is 0 Å². The highest BCUT2D eigenvalue weighted by atomic mass is 35.5. The van der Waals surface area contributed by atoms with E-state index in [2.05, 4.69) is 0 Å². The molecule has 3 aliphatic rings. The Morgan fingerprint density at radius 2 is 1.43 bits per heavy atom. The maximum atomic E-state index is 12.7. The molecular weight excluding hydrogens is 431 g/mol. The number of carbonyl (C=O) groups is 2. The van der Waals surface area contributed by atoms with E-state index < -0.39 is 37.7 Å². The van der Waals surface area contributed by atoms with E-state index in [1.807, 2.05) is 6.92 Å². The van der Waals surface area contributed by atoms with Gasteiger partial charge in [-0.3, -0.25) is 14.4 Å². The van der Waals surface area contributed by atoms with Gasteiger partial charge in [-0.2, -0.15) is 5.06 Å². The Morgan fingerprint density at radius 1 is 1.00 bits per heavy atom. The summed E-state index contributed by atoms with van der Waals surface area (Å²) in [4.78, 5) is 27.1. The third-order valence-corrected chi connectivity index (χ3v) is 8.85. The quantitative estimate of drug-likeness (QED) is 0.374. The van der Waals surface area contributed by atoms with Gasteiger partial charge in [0, 0.05) is 0 Å². The molecule has 1 heterocycles. The van der Waals surface area contributed by atoms with Gasteiger partial charge in [-0.15, -0.1) is 23.2 Å². The van der Waals surface area contributed by atoms with Gasteiger partial charge in [0.25, 0.3) is 11.8 Å². The van der Waals surface area contributed by atoms with E-state index in [1.165, 1.54) is 0 Å². The zero-order valence-electron chi connectivity index (χ0n) is 11.7. The fourth-order valence-corrected chi connectivity index (χ4v) is 6.33. The molecule has 2 aliphatic carbocycles. The Labute approximate surface area is 162 Å². The summed E-state index contributed by atoms with van der Waals surface area (Å²) < 4.78 is -1.91. The number of allylic oxidation sites excluding steroid dienone is 2. The zero-order chi connectivity index (χ0) is 17.4. The lowest BCUT2D eigenvalue weighted by atomic mass is 9.84. The Hall–Kier alpha value is 0.580. The third kappa shape index (κ3) is 1.87. The van der Waals surface area contributed by atoms with Gasteiger partial charge >= 0.3 is 0 Å². The van der Waals surface area contributed by atoms with E-state index >= 15 is 0 Å². The third-order valence-electron chi connectivity index (χ3n) is 4.59. The topological polar surface area (TPSA) is 46.6 Å². The second kappa shape index (κ2) is 5.54. The van der Waals surface area contributed by atoms with Crippen LogP contribution in [0.2, 0.25) is 0 Å². The normalized spacial score (nSPS) is 41.3. The van der Waals surface area contributed by atoms with Crippen LogP contribution in [-0.4, -0.2) is 37.6 Å². The summed E-state index contributed by atoms with van der Waals surface area (Å²) >= 11 is 38.1. The number of nitrogens with zero attached hydrogens (tertiary/aromatic N) is 1. The van der Waals surface area contributed by atoms with Crippen LogP contribution in [0.3, 0.4) is 0 Å². The summed E-state index contributed by atoms with van der Waals surface area (Å²) in [6.45, 7) is 2.16. The highest BCUT2D eigenvalue weighted by molar-refractivity contribution is 6.66. The lowest BCUT2D eigenvalue weighted by molar-refractivity contribution is -0.190. The summed E-state index contributed by atoms with van der Waals surface area (Å²) in [5.74, 6) is -3.61. The second-order valence-electron chi connectivity index (χ2n) is 5.74. The number of amides is 2. The van der Waals surface area contributed by atoms with Gasteiger partial charge in [-0.25, -0.2) is 0 Å². The van der Waals surface area contributed by atoms with Crippen molar-refractivity contribution in [1.29, 1.82) is 0 Å². The number of hydroxylamine groups is 2. The van der Waals surface area contributed by atoms with E-state index in [9.17, 15) is 9.59 Å². The van der Waals surface area contributed by atoms with Crippen molar-refractivity contribution < 1.29 is 14.4 Å². The summed E-state index contributed by atoms with van der Waals surface area (Å²) in [5, 5.41) is 0.458. The molecule has 0 aromatic carbocycles. The number of unbranched alkanes of at least 4 members (excludes halogenated alkanes) is 1. The van der Waals surface area contributed by atoms with Crippen LogP contribution in [0.15, 0.2) is 10.1 Å². The van der Waals surface area contributed by atoms with Crippen LogP contribution in [0.1, 0.15) is 19.8 Å². The van der Waals surface area contributed by atoms with Gasteiger partial charge in [-0.1, -0.05) is 59.7 Å². The average molecular weight is 442 g/mol. The number of fused-ring (bicyclic) bond motifs is 5. The fourth-order valence-electron chi connectivity index (χ4n) is 3.40. The van der Waals surface area contributed by atoms with Crippen molar-refractivity contribution in [2.75, 3.05) is 6.61 Å². The highest BCUT2D eigenvalue weighted by Gasteiger charge is 2.87. The molecule has 0 radical (unpaired) electrons. The maximum absolute atomic E-state index is 12.7. The van der Waals surface area contributed by atoms with Crippen molar-refractivity contribution in [3.8, 4) is 0 Å². The predicted octanol–water partition coefficient (Wildman–Crippen LogP) is 4.16. The Kier molecular flexibility index (Phi) is 4.42. The highest BCUT2D eigenvalue weighted by Crippen LogP contribution is 2.77. The molecule has 10 heteroatoms. The average Bonchev–Trinajstić information content (AvgIpc) is 2.86.